The van der Waals surface area contributed by atoms with Gasteiger partial charge in [0.1, 0.15) is 18.1 Å². The minimum atomic E-state index is -0.467. The third-order valence-electron chi connectivity index (χ3n) is 4.60. The number of nitrogens with zero attached hydrogens (tertiary/aromatic N) is 1. The van der Waals surface area contributed by atoms with Crippen molar-refractivity contribution in [3.63, 3.8) is 0 Å². The quantitative estimate of drug-likeness (QED) is 0.273. The number of H-pyrrole nitrogens is 1. The summed E-state index contributed by atoms with van der Waals surface area (Å²) < 4.78 is 11.5. The molecule has 4 rings (SSSR count). The number of pyridine rings is 1. The predicted molar refractivity (Wildman–Crippen MR) is 107 cm³/mol. The highest BCUT2D eigenvalue weighted by Crippen LogP contribution is 2.36. The molecule has 28 heavy (non-hydrogen) atoms. The van der Waals surface area contributed by atoms with Gasteiger partial charge in [0.05, 0.1) is 23.8 Å². The summed E-state index contributed by atoms with van der Waals surface area (Å²) in [6, 6.07) is 15.8. The number of aromatic amines is 1. The number of hydrogen-bond acceptors (Lipinski definition) is 5. The molecule has 4 aromatic rings. The van der Waals surface area contributed by atoms with Crippen molar-refractivity contribution in [1.29, 1.82) is 0 Å². The number of benzene rings is 2. The number of carbonyl (C=O) groups is 1. The van der Waals surface area contributed by atoms with Crippen molar-refractivity contribution in [1.82, 2.24) is 15.4 Å². The Hall–Kier alpha value is -3.42. The van der Waals surface area contributed by atoms with Crippen LogP contribution < -0.4 is 16.0 Å². The molecule has 0 saturated heterocycles. The third-order valence-corrected chi connectivity index (χ3v) is 4.60. The molecule has 0 aliphatic carbocycles. The number of rotatable bonds is 6. The summed E-state index contributed by atoms with van der Waals surface area (Å²) in [6.07, 6.45) is 1.63. The monoisotopic (exact) mass is 376 g/mol. The molecule has 1 amide bonds. The highest BCUT2D eigenvalue weighted by Gasteiger charge is 2.20. The van der Waals surface area contributed by atoms with Gasteiger partial charge >= 0.3 is 0 Å². The summed E-state index contributed by atoms with van der Waals surface area (Å²) in [6.45, 7) is 0.653. The number of hydrazine groups is 1. The van der Waals surface area contributed by atoms with E-state index in [2.05, 4.69) is 15.4 Å². The average Bonchev–Trinajstić information content (AvgIpc) is 3.12. The smallest absolute Gasteiger partial charge is 0.284 e. The van der Waals surface area contributed by atoms with E-state index in [0.29, 0.717) is 12.2 Å². The molecule has 0 atom stereocenters. The molecule has 0 aliphatic rings. The molecule has 0 fully saturated rings. The van der Waals surface area contributed by atoms with Crippen LogP contribution in [0.15, 0.2) is 54.7 Å². The zero-order chi connectivity index (χ0) is 19.5. The number of nitrogens with two attached hydrogens (primary N) is 1. The van der Waals surface area contributed by atoms with Gasteiger partial charge in [-0.3, -0.25) is 10.2 Å². The van der Waals surface area contributed by atoms with Crippen LogP contribution in [0.2, 0.25) is 0 Å². The number of fused-ring (bicyclic) bond motifs is 3. The summed E-state index contributed by atoms with van der Waals surface area (Å²) >= 11 is 0. The second kappa shape index (κ2) is 7.67. The molecule has 0 spiro atoms. The second-order valence-corrected chi connectivity index (χ2v) is 6.36. The van der Waals surface area contributed by atoms with Crippen LogP contribution in [0.25, 0.3) is 21.8 Å². The Kier molecular flexibility index (Phi) is 4.92. The lowest BCUT2D eigenvalue weighted by Gasteiger charge is -2.11. The number of hydrogen-bond donors (Lipinski definition) is 3. The highest BCUT2D eigenvalue weighted by atomic mass is 16.5. The fourth-order valence-corrected chi connectivity index (χ4v) is 3.38. The number of aromatic nitrogens is 2. The maximum atomic E-state index is 12.2. The number of ether oxygens (including phenoxy) is 2. The lowest BCUT2D eigenvalue weighted by Crippen LogP contribution is -2.31. The van der Waals surface area contributed by atoms with Gasteiger partial charge in [0.2, 0.25) is 0 Å². The van der Waals surface area contributed by atoms with Crippen molar-refractivity contribution < 1.29 is 14.3 Å². The van der Waals surface area contributed by atoms with Crippen LogP contribution in [0.4, 0.5) is 0 Å². The molecular weight excluding hydrogens is 356 g/mol. The topological polar surface area (TPSA) is 102 Å². The first-order valence-corrected chi connectivity index (χ1v) is 8.81. The van der Waals surface area contributed by atoms with Gasteiger partial charge in [-0.15, -0.1) is 0 Å². The standard InChI is InChI=1S/C21H20N4O3/c1-27-12-14-18-16(10-23-20(14)21(26)25-22)24-15-8-5-9-17(19(15)18)28-11-13-6-3-2-4-7-13/h2-10,24H,11-12,22H2,1H3,(H,25,26). The van der Waals surface area contributed by atoms with Crippen LogP contribution in [-0.4, -0.2) is 23.0 Å². The van der Waals surface area contributed by atoms with Gasteiger partial charge < -0.3 is 14.5 Å². The van der Waals surface area contributed by atoms with Crippen molar-refractivity contribution in [2.24, 2.45) is 5.84 Å². The summed E-state index contributed by atoms with van der Waals surface area (Å²) in [4.78, 5) is 19.8. The molecule has 7 nitrogen and oxygen atoms in total. The molecule has 0 radical (unpaired) electrons. The Balaban J connectivity index is 1.89. The predicted octanol–water partition coefficient (Wildman–Crippen LogP) is 3.05. The maximum Gasteiger partial charge on any atom is 0.284 e. The second-order valence-electron chi connectivity index (χ2n) is 6.36. The molecule has 2 aromatic carbocycles. The van der Waals surface area contributed by atoms with Gasteiger partial charge in [-0.25, -0.2) is 10.8 Å². The third kappa shape index (κ3) is 3.17. The number of nitrogens with one attached hydrogen (secondary N) is 2. The minimum Gasteiger partial charge on any atom is -0.488 e. The first-order valence-electron chi connectivity index (χ1n) is 8.81. The Morgan fingerprint density at radius 3 is 2.64 bits per heavy atom. The Bertz CT molecular complexity index is 1140. The van der Waals surface area contributed by atoms with E-state index in [1.165, 1.54) is 0 Å². The van der Waals surface area contributed by atoms with Crippen LogP contribution >= 0.6 is 0 Å². The summed E-state index contributed by atoms with van der Waals surface area (Å²) in [5, 5.41) is 1.73. The van der Waals surface area contributed by atoms with Crippen LogP contribution in [0.3, 0.4) is 0 Å². The highest BCUT2D eigenvalue weighted by molar-refractivity contribution is 6.14. The van der Waals surface area contributed by atoms with Crippen molar-refractivity contribution in [2.45, 2.75) is 13.2 Å². The Morgan fingerprint density at radius 1 is 1.07 bits per heavy atom. The van der Waals surface area contributed by atoms with E-state index in [-0.39, 0.29) is 12.3 Å². The Morgan fingerprint density at radius 2 is 1.89 bits per heavy atom. The molecule has 0 aliphatic heterocycles. The van der Waals surface area contributed by atoms with E-state index in [9.17, 15) is 4.79 Å². The molecule has 0 bridgehead atoms. The van der Waals surface area contributed by atoms with E-state index in [1.54, 1.807) is 13.3 Å². The first-order chi connectivity index (χ1) is 13.7. The average molecular weight is 376 g/mol. The number of carbonyl (C=O) groups excluding carboxylic acids is 1. The summed E-state index contributed by atoms with van der Waals surface area (Å²) in [7, 11) is 1.57. The van der Waals surface area contributed by atoms with Gasteiger partial charge in [-0.05, 0) is 17.7 Å². The first kappa shape index (κ1) is 18.0. The zero-order valence-electron chi connectivity index (χ0n) is 15.4. The number of methoxy groups -OCH3 is 1. The van der Waals surface area contributed by atoms with Crippen molar-refractivity contribution in [3.8, 4) is 5.75 Å². The molecule has 0 saturated carbocycles. The molecular formula is C21H20N4O3. The van der Waals surface area contributed by atoms with E-state index in [4.69, 9.17) is 15.3 Å². The van der Waals surface area contributed by atoms with Gasteiger partial charge in [0, 0.05) is 23.4 Å². The van der Waals surface area contributed by atoms with Crippen LogP contribution in [0, 0.1) is 0 Å². The maximum absolute atomic E-state index is 12.2. The minimum absolute atomic E-state index is 0.215. The lowest BCUT2D eigenvalue weighted by atomic mass is 10.0. The lowest BCUT2D eigenvalue weighted by molar-refractivity contribution is 0.0943. The van der Waals surface area contributed by atoms with Gasteiger partial charge in [0.15, 0.2) is 0 Å². The summed E-state index contributed by atoms with van der Waals surface area (Å²) in [5.74, 6) is 5.58. The van der Waals surface area contributed by atoms with E-state index >= 15 is 0 Å². The van der Waals surface area contributed by atoms with Crippen molar-refractivity contribution in [3.05, 3.63) is 71.5 Å². The molecule has 2 aromatic heterocycles. The van der Waals surface area contributed by atoms with E-state index in [0.717, 1.165) is 33.1 Å². The molecule has 2 heterocycles. The van der Waals surface area contributed by atoms with Crippen molar-refractivity contribution >= 4 is 27.7 Å². The Labute approximate surface area is 161 Å². The normalized spacial score (nSPS) is 11.1. The molecule has 0 unspecified atom stereocenters. The van der Waals surface area contributed by atoms with Gasteiger partial charge in [0.25, 0.3) is 5.91 Å². The van der Waals surface area contributed by atoms with Crippen LogP contribution in [0.1, 0.15) is 21.6 Å². The van der Waals surface area contributed by atoms with Crippen LogP contribution in [-0.2, 0) is 18.0 Å². The van der Waals surface area contributed by atoms with Crippen molar-refractivity contribution in [2.75, 3.05) is 7.11 Å². The zero-order valence-corrected chi connectivity index (χ0v) is 15.4. The number of nitrogen functional groups attached to an aromatic ring is 1. The number of amides is 1. The fourth-order valence-electron chi connectivity index (χ4n) is 3.38. The van der Waals surface area contributed by atoms with E-state index in [1.807, 2.05) is 48.5 Å². The molecule has 142 valence electrons. The molecule has 4 N–H and O–H groups in total. The fraction of sp³-hybridized carbons (Fsp3) is 0.143. The molecule has 7 heteroatoms. The SMILES string of the molecule is COCc1c(C(=O)NN)ncc2[nH]c3cccc(OCc4ccccc4)c3c12. The van der Waals surface area contributed by atoms with Gasteiger partial charge in [-0.2, -0.15) is 0 Å². The van der Waals surface area contributed by atoms with Gasteiger partial charge in [-0.1, -0.05) is 36.4 Å². The summed E-state index contributed by atoms with van der Waals surface area (Å²) in [5.41, 5.74) is 5.80. The van der Waals surface area contributed by atoms with Crippen LogP contribution in [0.5, 0.6) is 5.75 Å². The largest absolute Gasteiger partial charge is 0.488 e. The van der Waals surface area contributed by atoms with E-state index < -0.39 is 5.91 Å².